The third-order valence-electron chi connectivity index (χ3n) is 4.28. The molecule has 1 aliphatic rings. The largest absolute Gasteiger partial charge is 0.310 e. The summed E-state index contributed by atoms with van der Waals surface area (Å²) in [6.07, 6.45) is 2.66. The second-order valence-corrected chi connectivity index (χ2v) is 6.47. The number of nitrogens with zero attached hydrogens (tertiary/aromatic N) is 1. The molecular weight excluding hydrogens is 244 g/mol. The number of benzene rings is 1. The maximum Gasteiger partial charge on any atom is 0.0711 e. The summed E-state index contributed by atoms with van der Waals surface area (Å²) in [5.74, 6) is 0.473. The summed E-state index contributed by atoms with van der Waals surface area (Å²) in [4.78, 5) is 4.85. The van der Waals surface area contributed by atoms with Crippen LogP contribution in [0.25, 0.3) is 10.9 Å². The van der Waals surface area contributed by atoms with Crippen LogP contribution in [0.2, 0.25) is 0 Å². The molecule has 1 saturated carbocycles. The molecule has 0 radical (unpaired) electrons. The lowest BCUT2D eigenvalue weighted by atomic mass is 9.99. The van der Waals surface area contributed by atoms with Crippen LogP contribution in [0, 0.1) is 13.8 Å². The van der Waals surface area contributed by atoms with Crippen molar-refractivity contribution in [3.8, 4) is 0 Å². The average Bonchev–Trinajstić information content (AvgIpc) is 3.21. The Hall–Kier alpha value is -1.41. The zero-order valence-electron chi connectivity index (χ0n) is 13.0. The first-order chi connectivity index (χ1) is 9.54. The topological polar surface area (TPSA) is 24.9 Å². The van der Waals surface area contributed by atoms with E-state index in [-0.39, 0.29) is 0 Å². The molecule has 1 aromatic carbocycles. The number of aromatic nitrogens is 1. The predicted molar refractivity (Wildman–Crippen MR) is 85.2 cm³/mol. The Morgan fingerprint density at radius 2 is 1.85 bits per heavy atom. The van der Waals surface area contributed by atoms with Crippen molar-refractivity contribution < 1.29 is 0 Å². The van der Waals surface area contributed by atoms with Crippen LogP contribution in [0.4, 0.5) is 0 Å². The highest BCUT2D eigenvalue weighted by molar-refractivity contribution is 5.84. The van der Waals surface area contributed by atoms with E-state index in [9.17, 15) is 0 Å². The Kier molecular flexibility index (Phi) is 3.51. The first-order valence-corrected chi connectivity index (χ1v) is 7.68. The van der Waals surface area contributed by atoms with Crippen LogP contribution in [0.1, 0.15) is 55.0 Å². The average molecular weight is 268 g/mol. The number of aryl methyl sites for hydroxylation is 2. The minimum absolute atomic E-state index is 0.473. The van der Waals surface area contributed by atoms with Crippen LogP contribution < -0.4 is 5.32 Å². The summed E-state index contributed by atoms with van der Waals surface area (Å²) >= 11 is 0. The molecule has 0 aliphatic heterocycles. The Morgan fingerprint density at radius 1 is 1.15 bits per heavy atom. The normalized spacial score (nSPS) is 15.2. The Morgan fingerprint density at radius 3 is 2.50 bits per heavy atom. The molecule has 0 spiro atoms. The van der Waals surface area contributed by atoms with Crippen LogP contribution in [0.3, 0.4) is 0 Å². The number of fused-ring (bicyclic) bond motifs is 1. The second kappa shape index (κ2) is 5.17. The van der Waals surface area contributed by atoms with Gasteiger partial charge in [0.25, 0.3) is 0 Å². The highest BCUT2D eigenvalue weighted by Gasteiger charge is 2.20. The van der Waals surface area contributed by atoms with Gasteiger partial charge in [0.05, 0.1) is 5.52 Å². The SMILES string of the molecule is Cc1cc2nc(C(C)C)cc(CNC3CC3)c2cc1C. The van der Waals surface area contributed by atoms with Crippen molar-refractivity contribution in [2.45, 2.75) is 59.0 Å². The predicted octanol–water partition coefficient (Wildman–Crippen LogP) is 4.23. The molecule has 3 rings (SSSR count). The fourth-order valence-electron chi connectivity index (χ4n) is 2.56. The zero-order valence-corrected chi connectivity index (χ0v) is 13.0. The summed E-state index contributed by atoms with van der Waals surface area (Å²) in [6.45, 7) is 9.75. The molecule has 0 amide bonds. The van der Waals surface area contributed by atoms with E-state index in [2.05, 4.69) is 51.2 Å². The van der Waals surface area contributed by atoms with Gasteiger partial charge >= 0.3 is 0 Å². The van der Waals surface area contributed by atoms with Crippen molar-refractivity contribution in [1.82, 2.24) is 10.3 Å². The number of hydrogen-bond acceptors (Lipinski definition) is 2. The van der Waals surface area contributed by atoms with Crippen molar-refractivity contribution in [2.75, 3.05) is 0 Å². The Bertz CT molecular complexity index is 639. The lowest BCUT2D eigenvalue weighted by Crippen LogP contribution is -2.16. The summed E-state index contributed by atoms with van der Waals surface area (Å²) in [5.41, 5.74) is 6.42. The van der Waals surface area contributed by atoms with Gasteiger partial charge in [-0.2, -0.15) is 0 Å². The maximum absolute atomic E-state index is 4.85. The molecule has 1 heterocycles. The summed E-state index contributed by atoms with van der Waals surface area (Å²) in [7, 11) is 0. The summed E-state index contributed by atoms with van der Waals surface area (Å²) in [5, 5.41) is 4.95. The maximum atomic E-state index is 4.85. The molecule has 1 fully saturated rings. The Balaban J connectivity index is 2.09. The fraction of sp³-hybridized carbons (Fsp3) is 0.500. The summed E-state index contributed by atoms with van der Waals surface area (Å²) < 4.78 is 0. The molecular formula is C18H24N2. The molecule has 2 heteroatoms. The van der Waals surface area contributed by atoms with E-state index in [0.29, 0.717) is 5.92 Å². The zero-order chi connectivity index (χ0) is 14.3. The van der Waals surface area contributed by atoms with E-state index in [1.807, 2.05) is 0 Å². The van der Waals surface area contributed by atoms with Crippen LogP contribution in [-0.4, -0.2) is 11.0 Å². The number of hydrogen-bond donors (Lipinski definition) is 1. The van der Waals surface area contributed by atoms with Crippen LogP contribution in [0.5, 0.6) is 0 Å². The van der Waals surface area contributed by atoms with Gasteiger partial charge in [0.15, 0.2) is 0 Å². The molecule has 0 unspecified atom stereocenters. The van der Waals surface area contributed by atoms with E-state index in [0.717, 1.165) is 18.1 Å². The van der Waals surface area contributed by atoms with Crippen LogP contribution in [-0.2, 0) is 6.54 Å². The van der Waals surface area contributed by atoms with E-state index in [1.165, 1.54) is 40.6 Å². The highest BCUT2D eigenvalue weighted by atomic mass is 14.9. The van der Waals surface area contributed by atoms with E-state index in [1.54, 1.807) is 0 Å². The summed E-state index contributed by atoms with van der Waals surface area (Å²) in [6, 6.07) is 7.56. The minimum atomic E-state index is 0.473. The number of pyridine rings is 1. The van der Waals surface area contributed by atoms with Crippen molar-refractivity contribution in [1.29, 1.82) is 0 Å². The van der Waals surface area contributed by atoms with E-state index in [4.69, 9.17) is 4.98 Å². The molecule has 1 aromatic heterocycles. The molecule has 2 nitrogen and oxygen atoms in total. The lowest BCUT2D eigenvalue weighted by Gasteiger charge is -2.14. The van der Waals surface area contributed by atoms with Crippen molar-refractivity contribution in [3.05, 3.63) is 40.6 Å². The second-order valence-electron chi connectivity index (χ2n) is 6.47. The fourth-order valence-corrected chi connectivity index (χ4v) is 2.56. The third-order valence-corrected chi connectivity index (χ3v) is 4.28. The third kappa shape index (κ3) is 2.71. The van der Waals surface area contributed by atoms with Gasteiger partial charge in [-0.15, -0.1) is 0 Å². The first kappa shape index (κ1) is 13.6. The Labute approximate surface area is 121 Å². The van der Waals surface area contributed by atoms with Crippen molar-refractivity contribution >= 4 is 10.9 Å². The van der Waals surface area contributed by atoms with Gasteiger partial charge in [-0.25, -0.2) is 0 Å². The molecule has 0 atom stereocenters. The van der Waals surface area contributed by atoms with Gasteiger partial charge in [-0.05, 0) is 67.5 Å². The van der Waals surface area contributed by atoms with Gasteiger partial charge in [-0.3, -0.25) is 4.98 Å². The monoisotopic (exact) mass is 268 g/mol. The molecule has 2 aromatic rings. The smallest absolute Gasteiger partial charge is 0.0711 e. The number of nitrogens with one attached hydrogen (secondary N) is 1. The highest BCUT2D eigenvalue weighted by Crippen LogP contribution is 2.26. The molecule has 106 valence electrons. The molecule has 20 heavy (non-hydrogen) atoms. The quantitative estimate of drug-likeness (QED) is 0.897. The van der Waals surface area contributed by atoms with Gasteiger partial charge < -0.3 is 5.32 Å². The number of rotatable bonds is 4. The van der Waals surface area contributed by atoms with Crippen LogP contribution in [0.15, 0.2) is 18.2 Å². The minimum Gasteiger partial charge on any atom is -0.310 e. The standard InChI is InChI=1S/C18H24N2/c1-11(2)17-9-14(10-19-15-5-6-15)16-7-12(3)13(4)8-18(16)20-17/h7-9,11,15,19H,5-6,10H2,1-4H3. The lowest BCUT2D eigenvalue weighted by molar-refractivity contribution is 0.688. The molecule has 1 aliphatic carbocycles. The van der Waals surface area contributed by atoms with E-state index < -0.39 is 0 Å². The van der Waals surface area contributed by atoms with Gasteiger partial charge in [0, 0.05) is 23.7 Å². The van der Waals surface area contributed by atoms with Crippen molar-refractivity contribution in [2.24, 2.45) is 0 Å². The van der Waals surface area contributed by atoms with Crippen LogP contribution >= 0.6 is 0 Å². The van der Waals surface area contributed by atoms with E-state index >= 15 is 0 Å². The van der Waals surface area contributed by atoms with Gasteiger partial charge in [0.1, 0.15) is 0 Å². The van der Waals surface area contributed by atoms with Gasteiger partial charge in [-0.1, -0.05) is 13.8 Å². The molecule has 0 saturated heterocycles. The first-order valence-electron chi connectivity index (χ1n) is 7.68. The molecule has 0 bridgehead atoms. The molecule has 1 N–H and O–H groups in total. The van der Waals surface area contributed by atoms with Gasteiger partial charge in [0.2, 0.25) is 0 Å². The van der Waals surface area contributed by atoms with Crippen molar-refractivity contribution in [3.63, 3.8) is 0 Å².